The van der Waals surface area contributed by atoms with Crippen LogP contribution in [0.2, 0.25) is 0 Å². The molecule has 0 radical (unpaired) electrons. The standard InChI is InChI=1S/C20H19NO3S/c1-15-7-9-16(10-8-15)20-21-17(14-24-20)13-23-19(22)11-12-25-18-5-3-2-4-6-18/h2-10,14H,11-13H2,1H3. The summed E-state index contributed by atoms with van der Waals surface area (Å²) in [6, 6.07) is 17.9. The van der Waals surface area contributed by atoms with Gasteiger partial charge in [-0.15, -0.1) is 11.8 Å². The molecule has 0 N–H and O–H groups in total. The van der Waals surface area contributed by atoms with E-state index in [-0.39, 0.29) is 12.6 Å². The molecule has 5 heteroatoms. The molecule has 0 aliphatic rings. The van der Waals surface area contributed by atoms with Gasteiger partial charge in [-0.2, -0.15) is 0 Å². The topological polar surface area (TPSA) is 52.3 Å². The molecule has 3 aromatic rings. The second-order valence-corrected chi connectivity index (χ2v) is 6.75. The Bertz CT molecular complexity index is 812. The maximum atomic E-state index is 11.8. The van der Waals surface area contributed by atoms with Crippen molar-refractivity contribution in [1.82, 2.24) is 4.98 Å². The average Bonchev–Trinajstić information content (AvgIpc) is 3.10. The Morgan fingerprint density at radius 1 is 1.12 bits per heavy atom. The van der Waals surface area contributed by atoms with Crippen LogP contribution in [-0.4, -0.2) is 16.7 Å². The van der Waals surface area contributed by atoms with Gasteiger partial charge in [0, 0.05) is 16.2 Å². The molecule has 0 aliphatic heterocycles. The molecule has 0 saturated heterocycles. The molecular formula is C20H19NO3S. The van der Waals surface area contributed by atoms with Crippen molar-refractivity contribution in [2.24, 2.45) is 0 Å². The predicted octanol–water partition coefficient (Wildman–Crippen LogP) is 4.88. The first kappa shape index (κ1) is 17.3. The number of esters is 1. The van der Waals surface area contributed by atoms with E-state index in [2.05, 4.69) is 4.98 Å². The van der Waals surface area contributed by atoms with Gasteiger partial charge in [-0.3, -0.25) is 4.79 Å². The maximum Gasteiger partial charge on any atom is 0.307 e. The van der Waals surface area contributed by atoms with Gasteiger partial charge in [0.25, 0.3) is 0 Å². The second kappa shape index (κ2) is 8.53. The van der Waals surface area contributed by atoms with E-state index in [1.54, 1.807) is 11.8 Å². The summed E-state index contributed by atoms with van der Waals surface area (Å²) in [6.07, 6.45) is 1.89. The van der Waals surface area contributed by atoms with E-state index in [1.807, 2.05) is 61.5 Å². The van der Waals surface area contributed by atoms with Gasteiger partial charge >= 0.3 is 5.97 Å². The summed E-state index contributed by atoms with van der Waals surface area (Å²) >= 11 is 1.64. The Morgan fingerprint density at radius 3 is 2.64 bits per heavy atom. The van der Waals surface area contributed by atoms with E-state index in [0.29, 0.717) is 23.8 Å². The van der Waals surface area contributed by atoms with Crippen LogP contribution >= 0.6 is 11.8 Å². The molecular weight excluding hydrogens is 334 g/mol. The molecule has 1 heterocycles. The summed E-state index contributed by atoms with van der Waals surface area (Å²) < 4.78 is 10.7. The minimum atomic E-state index is -0.233. The highest BCUT2D eigenvalue weighted by molar-refractivity contribution is 7.99. The van der Waals surface area contributed by atoms with E-state index >= 15 is 0 Å². The average molecular weight is 353 g/mol. The van der Waals surface area contributed by atoms with Crippen LogP contribution in [0.25, 0.3) is 11.5 Å². The molecule has 0 saturated carbocycles. The summed E-state index contributed by atoms with van der Waals surface area (Å²) in [7, 11) is 0. The molecule has 128 valence electrons. The largest absolute Gasteiger partial charge is 0.459 e. The fourth-order valence-corrected chi connectivity index (χ4v) is 3.05. The van der Waals surface area contributed by atoms with E-state index in [0.717, 1.165) is 10.5 Å². The van der Waals surface area contributed by atoms with Gasteiger partial charge in [-0.1, -0.05) is 35.9 Å². The third-order valence-electron chi connectivity index (χ3n) is 3.55. The van der Waals surface area contributed by atoms with Crippen molar-refractivity contribution in [2.75, 3.05) is 5.75 Å². The number of oxazole rings is 1. The van der Waals surface area contributed by atoms with Crippen LogP contribution in [0.5, 0.6) is 0 Å². The molecule has 4 nitrogen and oxygen atoms in total. The molecule has 0 unspecified atom stereocenters. The fourth-order valence-electron chi connectivity index (χ4n) is 2.20. The first-order valence-electron chi connectivity index (χ1n) is 8.05. The van der Waals surface area contributed by atoms with Crippen molar-refractivity contribution in [1.29, 1.82) is 0 Å². The van der Waals surface area contributed by atoms with Crippen molar-refractivity contribution >= 4 is 17.7 Å². The highest BCUT2D eigenvalue weighted by Gasteiger charge is 2.09. The molecule has 0 spiro atoms. The van der Waals surface area contributed by atoms with Crippen molar-refractivity contribution in [3.63, 3.8) is 0 Å². The zero-order valence-corrected chi connectivity index (χ0v) is 14.8. The third-order valence-corrected chi connectivity index (χ3v) is 4.56. The zero-order valence-electron chi connectivity index (χ0n) is 14.0. The quantitative estimate of drug-likeness (QED) is 0.448. The van der Waals surface area contributed by atoms with Gasteiger partial charge in [0.15, 0.2) is 0 Å². The SMILES string of the molecule is Cc1ccc(-c2nc(COC(=O)CCSc3ccccc3)co2)cc1. The number of ether oxygens (including phenoxy) is 1. The predicted molar refractivity (Wildman–Crippen MR) is 98.3 cm³/mol. The van der Waals surface area contributed by atoms with Gasteiger partial charge in [0.05, 0.1) is 6.42 Å². The number of hydrogen-bond donors (Lipinski definition) is 0. The lowest BCUT2D eigenvalue weighted by atomic mass is 10.1. The van der Waals surface area contributed by atoms with Crippen LogP contribution in [0, 0.1) is 6.92 Å². The monoisotopic (exact) mass is 353 g/mol. The summed E-state index contributed by atoms with van der Waals surface area (Å²) in [5.74, 6) is 0.991. The first-order chi connectivity index (χ1) is 12.2. The molecule has 2 aromatic carbocycles. The van der Waals surface area contributed by atoms with Crippen molar-refractivity contribution in [2.45, 2.75) is 24.8 Å². The molecule has 25 heavy (non-hydrogen) atoms. The van der Waals surface area contributed by atoms with Gasteiger partial charge in [0.1, 0.15) is 18.6 Å². The van der Waals surface area contributed by atoms with Crippen molar-refractivity contribution in [3.05, 3.63) is 72.1 Å². The number of carbonyl (C=O) groups excluding carboxylic acids is 1. The molecule has 0 aliphatic carbocycles. The Morgan fingerprint density at radius 2 is 1.88 bits per heavy atom. The van der Waals surface area contributed by atoms with Gasteiger partial charge in [0.2, 0.25) is 5.89 Å². The number of thioether (sulfide) groups is 1. The van der Waals surface area contributed by atoms with E-state index in [1.165, 1.54) is 11.8 Å². The molecule has 0 atom stereocenters. The number of benzene rings is 2. The zero-order chi connectivity index (χ0) is 17.5. The Labute approximate surface area is 151 Å². The second-order valence-electron chi connectivity index (χ2n) is 5.58. The molecule has 0 amide bonds. The number of hydrogen-bond acceptors (Lipinski definition) is 5. The fraction of sp³-hybridized carbons (Fsp3) is 0.200. The van der Waals surface area contributed by atoms with Gasteiger partial charge in [-0.05, 0) is 31.2 Å². The summed E-state index contributed by atoms with van der Waals surface area (Å²) in [5, 5.41) is 0. The van der Waals surface area contributed by atoms with Crippen LogP contribution in [0.15, 0.2) is 70.2 Å². The summed E-state index contributed by atoms with van der Waals surface area (Å²) in [6.45, 7) is 2.16. The van der Waals surface area contributed by atoms with Gasteiger partial charge in [-0.25, -0.2) is 4.98 Å². The van der Waals surface area contributed by atoms with Crippen LogP contribution < -0.4 is 0 Å². The summed E-state index contributed by atoms with van der Waals surface area (Å²) in [4.78, 5) is 17.3. The van der Waals surface area contributed by atoms with Crippen LogP contribution in [0.3, 0.4) is 0 Å². The molecule has 0 bridgehead atoms. The number of carbonyl (C=O) groups is 1. The lowest BCUT2D eigenvalue weighted by Gasteiger charge is -2.03. The van der Waals surface area contributed by atoms with Crippen molar-refractivity contribution in [3.8, 4) is 11.5 Å². The number of nitrogens with zero attached hydrogens (tertiary/aromatic N) is 1. The van der Waals surface area contributed by atoms with E-state index in [9.17, 15) is 4.79 Å². The molecule has 3 rings (SSSR count). The van der Waals surface area contributed by atoms with Crippen LogP contribution in [-0.2, 0) is 16.1 Å². The van der Waals surface area contributed by atoms with Crippen LogP contribution in [0.4, 0.5) is 0 Å². The molecule has 1 aromatic heterocycles. The Hall–Kier alpha value is -2.53. The molecule has 0 fully saturated rings. The number of aryl methyl sites for hydroxylation is 1. The summed E-state index contributed by atoms with van der Waals surface area (Å²) in [5.41, 5.74) is 2.69. The van der Waals surface area contributed by atoms with E-state index < -0.39 is 0 Å². The van der Waals surface area contributed by atoms with Crippen molar-refractivity contribution < 1.29 is 13.9 Å². The minimum Gasteiger partial charge on any atom is -0.459 e. The van der Waals surface area contributed by atoms with Gasteiger partial charge < -0.3 is 9.15 Å². The first-order valence-corrected chi connectivity index (χ1v) is 9.04. The highest BCUT2D eigenvalue weighted by Crippen LogP contribution is 2.20. The minimum absolute atomic E-state index is 0.129. The smallest absolute Gasteiger partial charge is 0.307 e. The number of rotatable bonds is 7. The third kappa shape index (κ3) is 5.22. The van der Waals surface area contributed by atoms with E-state index in [4.69, 9.17) is 9.15 Å². The maximum absolute atomic E-state index is 11.8. The normalized spacial score (nSPS) is 10.6. The lowest BCUT2D eigenvalue weighted by molar-refractivity contribution is -0.144. The van der Waals surface area contributed by atoms with Crippen LogP contribution in [0.1, 0.15) is 17.7 Å². The Kier molecular flexibility index (Phi) is 5.90. The lowest BCUT2D eigenvalue weighted by Crippen LogP contribution is -2.05. The Balaban J connectivity index is 1.44. The number of aromatic nitrogens is 1. The highest BCUT2D eigenvalue weighted by atomic mass is 32.2.